The second-order valence-electron chi connectivity index (χ2n) is 10.1. The standard InChI is InChI=1S/C20H40O3Si/c1-19(2,3)24(5,6)23-18-8-7-12-20(4)16(9-10-17(18)20)15(14-22)11-13-21/h15-18,21-22H,7-14H2,1-6H3/t15-,16-,17+,18+,20-/m1/s1. The molecule has 2 saturated carbocycles. The van der Waals surface area contributed by atoms with Gasteiger partial charge in [-0.05, 0) is 73.4 Å². The van der Waals surface area contributed by atoms with Gasteiger partial charge in [-0.2, -0.15) is 0 Å². The average Bonchev–Trinajstić information content (AvgIpc) is 2.81. The molecule has 0 aliphatic heterocycles. The number of fused-ring (bicyclic) bond motifs is 1. The average molecular weight is 357 g/mol. The first-order valence-electron chi connectivity index (χ1n) is 9.96. The molecular weight excluding hydrogens is 316 g/mol. The predicted octanol–water partition coefficient (Wildman–Crippen LogP) is 4.58. The summed E-state index contributed by atoms with van der Waals surface area (Å²) in [5.41, 5.74) is 0.272. The van der Waals surface area contributed by atoms with Crippen LogP contribution >= 0.6 is 0 Å². The highest BCUT2D eigenvalue weighted by molar-refractivity contribution is 6.74. The Hall–Kier alpha value is 0.0969. The van der Waals surface area contributed by atoms with Gasteiger partial charge in [-0.25, -0.2) is 0 Å². The number of rotatable bonds is 6. The van der Waals surface area contributed by atoms with E-state index in [2.05, 4.69) is 40.8 Å². The molecule has 0 unspecified atom stereocenters. The van der Waals surface area contributed by atoms with Gasteiger partial charge in [-0.3, -0.25) is 0 Å². The van der Waals surface area contributed by atoms with Gasteiger partial charge >= 0.3 is 0 Å². The molecule has 0 heterocycles. The van der Waals surface area contributed by atoms with Crippen LogP contribution in [0.2, 0.25) is 18.1 Å². The zero-order valence-electron chi connectivity index (χ0n) is 16.8. The van der Waals surface area contributed by atoms with Crippen molar-refractivity contribution in [2.75, 3.05) is 13.2 Å². The van der Waals surface area contributed by atoms with Crippen LogP contribution in [-0.4, -0.2) is 37.8 Å². The lowest BCUT2D eigenvalue weighted by molar-refractivity contribution is -0.0315. The van der Waals surface area contributed by atoms with Gasteiger partial charge < -0.3 is 14.6 Å². The number of aliphatic hydroxyl groups excluding tert-OH is 2. The largest absolute Gasteiger partial charge is 0.414 e. The quantitative estimate of drug-likeness (QED) is 0.685. The van der Waals surface area contributed by atoms with E-state index in [-0.39, 0.29) is 29.6 Å². The van der Waals surface area contributed by atoms with Crippen molar-refractivity contribution in [3.8, 4) is 0 Å². The lowest BCUT2D eigenvalue weighted by atomic mass is 9.61. The Morgan fingerprint density at radius 1 is 1.17 bits per heavy atom. The van der Waals surface area contributed by atoms with E-state index in [4.69, 9.17) is 4.43 Å². The van der Waals surface area contributed by atoms with Crippen molar-refractivity contribution < 1.29 is 14.6 Å². The summed E-state index contributed by atoms with van der Waals surface area (Å²) in [7, 11) is -1.75. The fourth-order valence-corrected chi connectivity index (χ4v) is 6.61. The van der Waals surface area contributed by atoms with Gasteiger partial charge in [0.15, 0.2) is 8.32 Å². The third-order valence-electron chi connectivity index (χ3n) is 7.69. The monoisotopic (exact) mass is 356 g/mol. The Kier molecular flexibility index (Phi) is 6.27. The molecule has 0 aromatic carbocycles. The van der Waals surface area contributed by atoms with Crippen LogP contribution in [-0.2, 0) is 4.43 Å². The van der Waals surface area contributed by atoms with Crippen LogP contribution in [0.1, 0.15) is 66.2 Å². The van der Waals surface area contributed by atoms with Crippen molar-refractivity contribution in [2.24, 2.45) is 23.2 Å². The molecule has 2 aliphatic rings. The van der Waals surface area contributed by atoms with Gasteiger partial charge in [0, 0.05) is 19.3 Å². The van der Waals surface area contributed by atoms with Crippen LogP contribution in [0.15, 0.2) is 0 Å². The topological polar surface area (TPSA) is 49.7 Å². The highest BCUT2D eigenvalue weighted by Crippen LogP contribution is 2.59. The minimum absolute atomic E-state index is 0.187. The van der Waals surface area contributed by atoms with Gasteiger partial charge in [0.25, 0.3) is 0 Å². The minimum Gasteiger partial charge on any atom is -0.414 e. The van der Waals surface area contributed by atoms with E-state index < -0.39 is 8.32 Å². The molecule has 5 atom stereocenters. The van der Waals surface area contributed by atoms with Gasteiger partial charge in [-0.1, -0.05) is 34.1 Å². The smallest absolute Gasteiger partial charge is 0.192 e. The number of hydrogen-bond donors (Lipinski definition) is 2. The van der Waals surface area contributed by atoms with Crippen molar-refractivity contribution in [3.05, 3.63) is 0 Å². The second kappa shape index (κ2) is 7.38. The van der Waals surface area contributed by atoms with Crippen molar-refractivity contribution in [2.45, 2.75) is 90.5 Å². The van der Waals surface area contributed by atoms with E-state index >= 15 is 0 Å². The summed E-state index contributed by atoms with van der Waals surface area (Å²) in [6.45, 7) is 14.5. The number of aliphatic hydroxyl groups is 2. The Labute approximate surface area is 150 Å². The van der Waals surface area contributed by atoms with Crippen molar-refractivity contribution in [3.63, 3.8) is 0 Å². The van der Waals surface area contributed by atoms with Crippen LogP contribution in [0, 0.1) is 23.2 Å². The maximum absolute atomic E-state index is 9.85. The third-order valence-corrected chi connectivity index (χ3v) is 12.2. The highest BCUT2D eigenvalue weighted by Gasteiger charge is 2.54. The van der Waals surface area contributed by atoms with E-state index in [1.165, 1.54) is 32.1 Å². The Balaban J connectivity index is 2.17. The fraction of sp³-hybridized carbons (Fsp3) is 1.00. The lowest BCUT2D eigenvalue weighted by Gasteiger charge is -2.50. The predicted molar refractivity (Wildman–Crippen MR) is 103 cm³/mol. The molecule has 2 aliphatic carbocycles. The fourth-order valence-electron chi connectivity index (χ4n) is 5.22. The molecule has 0 spiro atoms. The molecule has 3 nitrogen and oxygen atoms in total. The van der Waals surface area contributed by atoms with Crippen LogP contribution in [0.25, 0.3) is 0 Å². The van der Waals surface area contributed by atoms with E-state index in [9.17, 15) is 10.2 Å². The van der Waals surface area contributed by atoms with Gasteiger partial charge in [-0.15, -0.1) is 0 Å². The zero-order chi connectivity index (χ0) is 18.2. The summed E-state index contributed by atoms with van der Waals surface area (Å²) in [5.74, 6) is 1.40. The third kappa shape index (κ3) is 3.77. The van der Waals surface area contributed by atoms with Crippen molar-refractivity contribution >= 4 is 8.32 Å². The van der Waals surface area contributed by atoms with E-state index in [1.807, 2.05) is 0 Å². The molecule has 2 N–H and O–H groups in total. The molecule has 24 heavy (non-hydrogen) atoms. The molecule has 2 fully saturated rings. The SMILES string of the molecule is CC(C)(C)[Si](C)(C)O[C@H]1CCC[C@]2(C)[C@@H]([C@@H](CO)CCO)CC[C@@H]12. The zero-order valence-corrected chi connectivity index (χ0v) is 17.8. The normalized spacial score (nSPS) is 35.8. The summed E-state index contributed by atoms with van der Waals surface area (Å²) >= 11 is 0. The van der Waals surface area contributed by atoms with Crippen molar-refractivity contribution in [1.29, 1.82) is 0 Å². The van der Waals surface area contributed by atoms with E-state index in [0.29, 0.717) is 17.9 Å². The first-order valence-corrected chi connectivity index (χ1v) is 12.9. The Bertz CT molecular complexity index is 418. The first kappa shape index (κ1) is 20.4. The molecule has 2 rings (SSSR count). The highest BCUT2D eigenvalue weighted by atomic mass is 28.4. The van der Waals surface area contributed by atoms with Crippen LogP contribution in [0.3, 0.4) is 0 Å². The van der Waals surface area contributed by atoms with E-state index in [0.717, 1.165) is 6.42 Å². The molecule has 0 aromatic heterocycles. The molecule has 0 bridgehead atoms. The second-order valence-corrected chi connectivity index (χ2v) is 14.8. The maximum atomic E-state index is 9.85. The maximum Gasteiger partial charge on any atom is 0.192 e. The summed E-state index contributed by atoms with van der Waals surface area (Å²) in [6.07, 6.45) is 7.22. The van der Waals surface area contributed by atoms with Gasteiger partial charge in [0.1, 0.15) is 0 Å². The van der Waals surface area contributed by atoms with Gasteiger partial charge in [0.2, 0.25) is 0 Å². The molecule has 142 valence electrons. The Morgan fingerprint density at radius 2 is 1.83 bits per heavy atom. The molecule has 0 aromatic rings. The molecule has 4 heteroatoms. The minimum atomic E-state index is -1.75. The van der Waals surface area contributed by atoms with Crippen LogP contribution in [0.5, 0.6) is 0 Å². The molecular formula is C20H40O3Si. The van der Waals surface area contributed by atoms with E-state index in [1.54, 1.807) is 0 Å². The molecule has 0 radical (unpaired) electrons. The molecule has 0 amide bonds. The number of hydrogen-bond acceptors (Lipinski definition) is 3. The lowest BCUT2D eigenvalue weighted by Crippen LogP contribution is -2.50. The van der Waals surface area contributed by atoms with Gasteiger partial charge in [0.05, 0.1) is 0 Å². The summed E-state index contributed by atoms with van der Waals surface area (Å²) in [5, 5.41) is 19.5. The van der Waals surface area contributed by atoms with Crippen LogP contribution < -0.4 is 0 Å². The summed E-state index contributed by atoms with van der Waals surface area (Å²) < 4.78 is 6.87. The van der Waals surface area contributed by atoms with Crippen molar-refractivity contribution in [1.82, 2.24) is 0 Å². The summed E-state index contributed by atoms with van der Waals surface area (Å²) in [4.78, 5) is 0. The summed E-state index contributed by atoms with van der Waals surface area (Å²) in [6, 6.07) is 0. The first-order chi connectivity index (χ1) is 11.1. The molecule has 0 saturated heterocycles. The Morgan fingerprint density at radius 3 is 2.38 bits per heavy atom. The van der Waals surface area contributed by atoms with Crippen LogP contribution in [0.4, 0.5) is 0 Å².